The van der Waals surface area contributed by atoms with Crippen LogP contribution in [0, 0.1) is 0 Å². The van der Waals surface area contributed by atoms with Crippen molar-refractivity contribution in [2.75, 3.05) is 0 Å². The van der Waals surface area contributed by atoms with E-state index in [1.54, 1.807) is 0 Å². The lowest BCUT2D eigenvalue weighted by molar-refractivity contribution is -0.110. The van der Waals surface area contributed by atoms with Crippen molar-refractivity contribution in [1.29, 1.82) is 0 Å². The van der Waals surface area contributed by atoms with E-state index in [1.165, 1.54) is 11.8 Å². The molecule has 1 saturated heterocycles. The second-order valence-corrected chi connectivity index (χ2v) is 3.33. The van der Waals surface area contributed by atoms with Crippen LogP contribution in [-0.4, -0.2) is 10.4 Å². The number of hydrogen-bond donors (Lipinski definition) is 0. The maximum Gasteiger partial charge on any atom is 0.189 e. The molecule has 7 heavy (non-hydrogen) atoms. The molecule has 0 bridgehead atoms. The molecule has 1 aliphatic rings. The lowest BCUT2D eigenvalue weighted by atomic mass is 10.3. The number of rotatable bonds is 0. The molecule has 0 amide bonds. The van der Waals surface area contributed by atoms with Crippen LogP contribution in [0.15, 0.2) is 0 Å². The number of thioether (sulfide) groups is 1. The van der Waals surface area contributed by atoms with Gasteiger partial charge in [-0.2, -0.15) is 0 Å². The molecule has 2 heteroatoms. The minimum absolute atomic E-state index is 0.368. The molecule has 1 atom stereocenters. The van der Waals surface area contributed by atoms with Crippen LogP contribution in [-0.2, 0) is 4.79 Å². The first-order chi connectivity index (χ1) is 3.29. The number of carbonyl (C=O) groups is 1. The molecule has 0 aliphatic carbocycles. The van der Waals surface area contributed by atoms with Crippen LogP contribution in [0.4, 0.5) is 0 Å². The molecule has 1 fully saturated rings. The molecule has 0 spiro atoms. The van der Waals surface area contributed by atoms with Gasteiger partial charge in [-0.05, 0) is 6.42 Å². The van der Waals surface area contributed by atoms with Crippen molar-refractivity contribution < 1.29 is 4.79 Å². The average Bonchev–Trinajstić information content (AvgIpc) is 1.87. The monoisotopic (exact) mass is 116 g/mol. The van der Waals surface area contributed by atoms with E-state index in [-0.39, 0.29) is 0 Å². The van der Waals surface area contributed by atoms with Gasteiger partial charge in [0.15, 0.2) is 5.12 Å². The third-order valence-corrected chi connectivity index (χ3v) is 2.19. The molecule has 1 nitrogen and oxygen atoms in total. The summed E-state index contributed by atoms with van der Waals surface area (Å²) in [6.07, 6.45) is 1.88. The smallest absolute Gasteiger partial charge is 0.189 e. The highest BCUT2D eigenvalue weighted by Gasteiger charge is 2.17. The summed E-state index contributed by atoms with van der Waals surface area (Å²) in [6, 6.07) is 0. The second-order valence-electron chi connectivity index (χ2n) is 1.84. The van der Waals surface area contributed by atoms with Crippen LogP contribution in [0.3, 0.4) is 0 Å². The SMILES string of the molecule is CC1CCC(=O)S1. The van der Waals surface area contributed by atoms with E-state index in [2.05, 4.69) is 6.92 Å². The second kappa shape index (κ2) is 1.86. The molecule has 0 N–H and O–H groups in total. The molecule has 1 rings (SSSR count). The van der Waals surface area contributed by atoms with Crippen molar-refractivity contribution in [2.45, 2.75) is 25.0 Å². The van der Waals surface area contributed by atoms with E-state index < -0.39 is 0 Å². The minimum atomic E-state index is 0.368. The fourth-order valence-electron chi connectivity index (χ4n) is 0.663. The Labute approximate surface area is 47.5 Å². The van der Waals surface area contributed by atoms with Crippen molar-refractivity contribution in [1.82, 2.24) is 0 Å². The number of carbonyl (C=O) groups excluding carboxylic acids is 1. The molecule has 1 unspecified atom stereocenters. The lowest BCUT2D eigenvalue weighted by Gasteiger charge is -1.89. The molecule has 1 heterocycles. The Morgan fingerprint density at radius 1 is 1.86 bits per heavy atom. The third-order valence-electron chi connectivity index (χ3n) is 1.09. The summed E-state index contributed by atoms with van der Waals surface area (Å²) < 4.78 is 0. The van der Waals surface area contributed by atoms with E-state index >= 15 is 0 Å². The standard InChI is InChI=1S/C5H8OS/c1-4-2-3-5(6)7-4/h4H,2-3H2,1H3. The highest BCUT2D eigenvalue weighted by atomic mass is 32.2. The first-order valence-electron chi connectivity index (χ1n) is 2.48. The van der Waals surface area contributed by atoms with Gasteiger partial charge in [0.05, 0.1) is 0 Å². The first-order valence-corrected chi connectivity index (χ1v) is 3.36. The molecule has 1 aliphatic heterocycles. The van der Waals surface area contributed by atoms with Crippen LogP contribution >= 0.6 is 11.8 Å². The Kier molecular flexibility index (Phi) is 1.38. The van der Waals surface area contributed by atoms with E-state index in [1.807, 2.05) is 0 Å². The normalized spacial score (nSPS) is 31.6. The molecular weight excluding hydrogens is 108 g/mol. The number of hydrogen-bond acceptors (Lipinski definition) is 2. The predicted molar refractivity (Wildman–Crippen MR) is 31.3 cm³/mol. The highest BCUT2D eigenvalue weighted by molar-refractivity contribution is 8.14. The summed E-state index contributed by atoms with van der Waals surface area (Å²) in [4.78, 5) is 10.4. The molecular formula is C5H8OS. The Morgan fingerprint density at radius 3 is 2.71 bits per heavy atom. The van der Waals surface area contributed by atoms with Crippen LogP contribution in [0.2, 0.25) is 0 Å². The lowest BCUT2D eigenvalue weighted by Crippen LogP contribution is -1.82. The fourth-order valence-corrected chi connectivity index (χ4v) is 1.58. The van der Waals surface area contributed by atoms with Crippen LogP contribution in [0.25, 0.3) is 0 Å². The molecule has 40 valence electrons. The maximum absolute atomic E-state index is 10.4. The summed E-state index contributed by atoms with van der Waals surface area (Å²) in [5.74, 6) is 0. The molecule has 0 saturated carbocycles. The Hall–Kier alpha value is 0.0200. The van der Waals surface area contributed by atoms with Crippen molar-refractivity contribution in [3.05, 3.63) is 0 Å². The molecule has 0 aromatic rings. The van der Waals surface area contributed by atoms with E-state index in [4.69, 9.17) is 0 Å². The largest absolute Gasteiger partial charge is 0.287 e. The van der Waals surface area contributed by atoms with Gasteiger partial charge in [0.1, 0.15) is 0 Å². The van der Waals surface area contributed by atoms with Gasteiger partial charge in [0.2, 0.25) is 0 Å². The summed E-state index contributed by atoms with van der Waals surface area (Å²) in [5.41, 5.74) is 0. The van der Waals surface area contributed by atoms with Crippen LogP contribution in [0.5, 0.6) is 0 Å². The summed E-state index contributed by atoms with van der Waals surface area (Å²) in [6.45, 7) is 2.09. The van der Waals surface area contributed by atoms with Crippen LogP contribution in [0.1, 0.15) is 19.8 Å². The van der Waals surface area contributed by atoms with Crippen molar-refractivity contribution >= 4 is 16.9 Å². The van der Waals surface area contributed by atoms with E-state index in [0.29, 0.717) is 10.4 Å². The van der Waals surface area contributed by atoms with E-state index in [9.17, 15) is 4.79 Å². The minimum Gasteiger partial charge on any atom is -0.287 e. The summed E-state index contributed by atoms with van der Waals surface area (Å²) >= 11 is 1.48. The zero-order valence-electron chi connectivity index (χ0n) is 4.31. The molecule has 0 radical (unpaired) electrons. The third kappa shape index (κ3) is 1.20. The van der Waals surface area contributed by atoms with Crippen molar-refractivity contribution in [2.24, 2.45) is 0 Å². The van der Waals surface area contributed by atoms with Gasteiger partial charge in [0.25, 0.3) is 0 Å². The van der Waals surface area contributed by atoms with Gasteiger partial charge >= 0.3 is 0 Å². The van der Waals surface area contributed by atoms with Crippen LogP contribution < -0.4 is 0 Å². The Bertz CT molecular complexity index is 90.1. The van der Waals surface area contributed by atoms with Crippen molar-refractivity contribution in [3.63, 3.8) is 0 Å². The van der Waals surface area contributed by atoms with Gasteiger partial charge in [0, 0.05) is 11.7 Å². The Morgan fingerprint density at radius 2 is 2.57 bits per heavy atom. The maximum atomic E-state index is 10.4. The van der Waals surface area contributed by atoms with Gasteiger partial charge in [-0.1, -0.05) is 18.7 Å². The fraction of sp³-hybridized carbons (Fsp3) is 0.800. The van der Waals surface area contributed by atoms with Gasteiger partial charge in [-0.25, -0.2) is 0 Å². The molecule has 0 aromatic heterocycles. The summed E-state index contributed by atoms with van der Waals surface area (Å²) in [5, 5.41) is 0.958. The van der Waals surface area contributed by atoms with Crippen molar-refractivity contribution in [3.8, 4) is 0 Å². The van der Waals surface area contributed by atoms with Gasteiger partial charge < -0.3 is 0 Å². The van der Waals surface area contributed by atoms with Gasteiger partial charge in [-0.3, -0.25) is 4.79 Å². The van der Waals surface area contributed by atoms with Gasteiger partial charge in [-0.15, -0.1) is 0 Å². The quantitative estimate of drug-likeness (QED) is 0.476. The predicted octanol–water partition coefficient (Wildman–Crippen LogP) is 1.43. The highest BCUT2D eigenvalue weighted by Crippen LogP contribution is 2.26. The summed E-state index contributed by atoms with van der Waals surface area (Å²) in [7, 11) is 0. The Balaban J connectivity index is 2.40. The average molecular weight is 116 g/mol. The first kappa shape index (κ1) is 5.16. The topological polar surface area (TPSA) is 17.1 Å². The molecule has 0 aromatic carbocycles. The zero-order chi connectivity index (χ0) is 5.28. The van der Waals surface area contributed by atoms with E-state index in [0.717, 1.165) is 12.8 Å². The zero-order valence-corrected chi connectivity index (χ0v) is 5.12.